The van der Waals surface area contributed by atoms with E-state index in [9.17, 15) is 0 Å². The van der Waals surface area contributed by atoms with Gasteiger partial charge in [0.25, 0.3) is 0 Å². The topological polar surface area (TPSA) is 0 Å². The molecule has 0 bridgehead atoms. The summed E-state index contributed by atoms with van der Waals surface area (Å²) in [5.41, 5.74) is 8.34. The van der Waals surface area contributed by atoms with E-state index in [1.54, 1.807) is 0 Å². The largest absolute Gasteiger partial charge is 0.0616 e. The van der Waals surface area contributed by atoms with Crippen LogP contribution in [0, 0.1) is 0 Å². The maximum Gasteiger partial charge on any atom is -0.0000885 e. The van der Waals surface area contributed by atoms with Crippen molar-refractivity contribution in [3.63, 3.8) is 0 Å². The van der Waals surface area contributed by atoms with Crippen LogP contribution in [-0.4, -0.2) is 0 Å². The van der Waals surface area contributed by atoms with Crippen molar-refractivity contribution in [3.8, 4) is 22.3 Å². The van der Waals surface area contributed by atoms with Crippen LogP contribution in [0.1, 0.15) is 11.1 Å². The van der Waals surface area contributed by atoms with Crippen LogP contribution in [-0.2, 0) is 6.42 Å². The highest BCUT2D eigenvalue weighted by atomic mass is 14.3. The summed E-state index contributed by atoms with van der Waals surface area (Å²) in [6.45, 7) is 0. The summed E-state index contributed by atoms with van der Waals surface area (Å²) in [5.74, 6) is 0. The molecule has 8 aromatic carbocycles. The zero-order valence-corrected chi connectivity index (χ0v) is 21.4. The van der Waals surface area contributed by atoms with Crippen LogP contribution in [0.15, 0.2) is 133 Å². The van der Waals surface area contributed by atoms with Gasteiger partial charge in [0.05, 0.1) is 0 Å². The minimum atomic E-state index is 0.961. The summed E-state index contributed by atoms with van der Waals surface area (Å²) >= 11 is 0. The molecular weight excluding hydrogens is 468 g/mol. The molecule has 39 heavy (non-hydrogen) atoms. The van der Waals surface area contributed by atoms with Gasteiger partial charge in [-0.05, 0) is 99.7 Å². The third-order valence-electron chi connectivity index (χ3n) is 8.89. The number of hydrogen-bond acceptors (Lipinski definition) is 0. The van der Waals surface area contributed by atoms with Gasteiger partial charge in [-0.2, -0.15) is 0 Å². The average molecular weight is 493 g/mol. The third-order valence-corrected chi connectivity index (χ3v) is 8.89. The predicted octanol–water partition coefficient (Wildman–Crippen LogP) is 10.7. The molecule has 8 aromatic rings. The molecule has 0 unspecified atom stereocenters. The van der Waals surface area contributed by atoms with Crippen molar-refractivity contribution < 1.29 is 0 Å². The number of fused-ring (bicyclic) bond motifs is 14. The maximum atomic E-state index is 2.43. The Morgan fingerprint density at radius 1 is 0.308 bits per heavy atom. The van der Waals surface area contributed by atoms with Crippen molar-refractivity contribution in [1.29, 1.82) is 0 Å². The number of benzene rings is 8. The molecule has 0 amide bonds. The van der Waals surface area contributed by atoms with Gasteiger partial charge in [0.1, 0.15) is 0 Å². The number of rotatable bonds is 1. The van der Waals surface area contributed by atoms with Gasteiger partial charge >= 0.3 is 0 Å². The van der Waals surface area contributed by atoms with E-state index in [1.165, 1.54) is 87.2 Å². The van der Waals surface area contributed by atoms with Crippen LogP contribution in [0.5, 0.6) is 0 Å². The molecule has 0 atom stereocenters. The lowest BCUT2D eigenvalue weighted by Gasteiger charge is -2.14. The Hall–Kier alpha value is -4.94. The summed E-state index contributed by atoms with van der Waals surface area (Å²) < 4.78 is 0. The predicted molar refractivity (Wildman–Crippen MR) is 168 cm³/mol. The Morgan fingerprint density at radius 2 is 0.769 bits per heavy atom. The quantitative estimate of drug-likeness (QED) is 0.200. The molecule has 180 valence electrons. The molecule has 0 saturated heterocycles. The monoisotopic (exact) mass is 492 g/mol. The first-order valence-corrected chi connectivity index (χ1v) is 13.7. The summed E-state index contributed by atoms with van der Waals surface area (Å²) in [6.07, 6.45) is 0.961. The van der Waals surface area contributed by atoms with E-state index < -0.39 is 0 Å². The van der Waals surface area contributed by atoms with Crippen LogP contribution in [0.3, 0.4) is 0 Å². The molecule has 0 nitrogen and oxygen atoms in total. The minimum absolute atomic E-state index is 0.961. The van der Waals surface area contributed by atoms with Crippen molar-refractivity contribution in [1.82, 2.24) is 0 Å². The SMILES string of the molecule is c1cc(-c2ccc3c4ccccc4c4ccccc4c3c2)c2c(c1)-c1c(c3ccccc3c3ccccc13)C2. The van der Waals surface area contributed by atoms with Crippen molar-refractivity contribution >= 4 is 53.9 Å². The van der Waals surface area contributed by atoms with Crippen molar-refractivity contribution in [2.24, 2.45) is 0 Å². The maximum absolute atomic E-state index is 2.43. The average Bonchev–Trinajstić information content (AvgIpc) is 3.42. The molecule has 0 spiro atoms. The van der Waals surface area contributed by atoms with Crippen LogP contribution >= 0.6 is 0 Å². The van der Waals surface area contributed by atoms with Crippen LogP contribution < -0.4 is 0 Å². The molecule has 0 fully saturated rings. The first-order valence-electron chi connectivity index (χ1n) is 13.7. The summed E-state index contributed by atoms with van der Waals surface area (Å²) in [5, 5.41) is 13.4. The molecule has 0 aromatic heterocycles. The smallest absolute Gasteiger partial charge is 0.0000885 e. The minimum Gasteiger partial charge on any atom is -0.0616 e. The fourth-order valence-corrected chi connectivity index (χ4v) is 7.24. The van der Waals surface area contributed by atoms with E-state index in [1.807, 2.05) is 0 Å². The lowest BCUT2D eigenvalue weighted by atomic mass is 9.90. The second kappa shape index (κ2) is 7.79. The van der Waals surface area contributed by atoms with Gasteiger partial charge in [0, 0.05) is 0 Å². The van der Waals surface area contributed by atoms with Gasteiger partial charge in [-0.25, -0.2) is 0 Å². The van der Waals surface area contributed by atoms with Crippen molar-refractivity contribution in [2.75, 3.05) is 0 Å². The lowest BCUT2D eigenvalue weighted by molar-refractivity contribution is 1.29. The number of hydrogen-bond donors (Lipinski definition) is 0. The first kappa shape index (κ1) is 21.0. The lowest BCUT2D eigenvalue weighted by Crippen LogP contribution is -1.90. The summed E-state index contributed by atoms with van der Waals surface area (Å²) in [4.78, 5) is 0. The Balaban J connectivity index is 1.34. The van der Waals surface area contributed by atoms with Crippen molar-refractivity contribution in [2.45, 2.75) is 6.42 Å². The van der Waals surface area contributed by atoms with Crippen LogP contribution in [0.25, 0.3) is 76.1 Å². The third kappa shape index (κ3) is 2.84. The first-order chi connectivity index (χ1) is 19.4. The fraction of sp³-hybridized carbons (Fsp3) is 0.0256. The normalized spacial score (nSPS) is 12.5. The second-order valence-corrected chi connectivity index (χ2v) is 10.8. The zero-order valence-electron chi connectivity index (χ0n) is 21.4. The van der Waals surface area contributed by atoms with E-state index in [0.29, 0.717) is 0 Å². The second-order valence-electron chi connectivity index (χ2n) is 10.8. The molecule has 0 radical (unpaired) electrons. The molecule has 9 rings (SSSR count). The zero-order chi connectivity index (χ0) is 25.5. The Labute approximate surface area is 226 Å². The Kier molecular flexibility index (Phi) is 4.20. The Bertz CT molecular complexity index is 2270. The van der Waals surface area contributed by atoms with Gasteiger partial charge in [-0.1, -0.05) is 127 Å². The summed E-state index contributed by atoms with van der Waals surface area (Å²) in [7, 11) is 0. The van der Waals surface area contributed by atoms with Gasteiger partial charge in [-0.3, -0.25) is 0 Å². The van der Waals surface area contributed by atoms with E-state index in [-0.39, 0.29) is 0 Å². The highest BCUT2D eigenvalue weighted by Crippen LogP contribution is 2.49. The highest BCUT2D eigenvalue weighted by molar-refractivity contribution is 6.26. The van der Waals surface area contributed by atoms with E-state index in [4.69, 9.17) is 0 Å². The van der Waals surface area contributed by atoms with E-state index >= 15 is 0 Å². The van der Waals surface area contributed by atoms with E-state index in [2.05, 4.69) is 133 Å². The van der Waals surface area contributed by atoms with Crippen molar-refractivity contribution in [3.05, 3.63) is 145 Å². The molecule has 0 N–H and O–H groups in total. The summed E-state index contributed by atoms with van der Waals surface area (Å²) in [6, 6.07) is 49.5. The highest BCUT2D eigenvalue weighted by Gasteiger charge is 2.26. The fourth-order valence-electron chi connectivity index (χ4n) is 7.24. The van der Waals surface area contributed by atoms with Crippen LogP contribution in [0.2, 0.25) is 0 Å². The molecule has 1 aliphatic carbocycles. The molecule has 1 aliphatic rings. The standard InChI is InChI=1S/C39H24/c1-2-12-28-26(10-1)27-11-3-5-15-31(27)36-22-24(20-21-33(28)36)25-18-9-19-35-37(25)23-38-32-16-6-4-13-29(32)30-14-7-8-17-34(30)39(35)38/h1-22H,23H2. The van der Waals surface area contributed by atoms with Gasteiger partial charge in [-0.15, -0.1) is 0 Å². The van der Waals surface area contributed by atoms with Gasteiger partial charge < -0.3 is 0 Å². The Morgan fingerprint density at radius 3 is 1.41 bits per heavy atom. The van der Waals surface area contributed by atoms with E-state index in [0.717, 1.165) is 6.42 Å². The molecule has 0 heteroatoms. The molecule has 0 heterocycles. The van der Waals surface area contributed by atoms with Gasteiger partial charge in [0.2, 0.25) is 0 Å². The van der Waals surface area contributed by atoms with Gasteiger partial charge in [0.15, 0.2) is 0 Å². The van der Waals surface area contributed by atoms with Crippen LogP contribution in [0.4, 0.5) is 0 Å². The molecule has 0 saturated carbocycles. The molecular formula is C39H24. The molecule has 0 aliphatic heterocycles.